The van der Waals surface area contributed by atoms with Crippen LogP contribution in [-0.2, 0) is 13.1 Å². The zero-order valence-corrected chi connectivity index (χ0v) is 15.2. The summed E-state index contributed by atoms with van der Waals surface area (Å²) in [5.74, 6) is -0.490. The van der Waals surface area contributed by atoms with Gasteiger partial charge in [0.1, 0.15) is 5.82 Å². The predicted molar refractivity (Wildman–Crippen MR) is 103 cm³/mol. The highest BCUT2D eigenvalue weighted by molar-refractivity contribution is 5.97. The molecule has 1 fully saturated rings. The molecule has 27 heavy (non-hydrogen) atoms. The van der Waals surface area contributed by atoms with E-state index in [1.54, 1.807) is 12.1 Å². The summed E-state index contributed by atoms with van der Waals surface area (Å²) < 4.78 is 15.4. The Hall–Kier alpha value is -2.73. The number of benzene rings is 2. The van der Waals surface area contributed by atoms with E-state index in [0.29, 0.717) is 12.1 Å². The Bertz CT molecular complexity index is 946. The van der Waals surface area contributed by atoms with Crippen molar-refractivity contribution in [1.29, 1.82) is 0 Å². The third-order valence-electron chi connectivity index (χ3n) is 5.08. The number of hydrogen-bond donors (Lipinski definition) is 1. The first-order valence-electron chi connectivity index (χ1n) is 9.39. The molecule has 0 spiro atoms. The molecule has 5 nitrogen and oxygen atoms in total. The zero-order valence-electron chi connectivity index (χ0n) is 15.2. The van der Waals surface area contributed by atoms with Gasteiger partial charge in [-0.05, 0) is 61.8 Å². The third-order valence-corrected chi connectivity index (χ3v) is 5.08. The van der Waals surface area contributed by atoms with Crippen LogP contribution >= 0.6 is 0 Å². The molecule has 0 unspecified atom stereocenters. The number of carbonyl (C=O) groups is 1. The molecule has 1 aliphatic rings. The van der Waals surface area contributed by atoms with E-state index in [0.717, 1.165) is 29.7 Å². The highest BCUT2D eigenvalue weighted by Gasteiger charge is 2.13. The molecular weight excluding hydrogens is 343 g/mol. The van der Waals surface area contributed by atoms with E-state index in [-0.39, 0.29) is 11.7 Å². The number of likely N-dealkylation sites (tertiary alicyclic amines) is 1. The molecular formula is C21H23FN4O. The van der Waals surface area contributed by atoms with E-state index >= 15 is 0 Å². The van der Waals surface area contributed by atoms with E-state index in [9.17, 15) is 9.18 Å². The minimum Gasteiger partial charge on any atom is -0.348 e. The number of hydrogen-bond acceptors (Lipinski definition) is 3. The van der Waals surface area contributed by atoms with E-state index in [2.05, 4.69) is 19.8 Å². The van der Waals surface area contributed by atoms with Crippen molar-refractivity contribution in [1.82, 2.24) is 19.8 Å². The molecule has 1 saturated heterocycles. The Kier molecular flexibility index (Phi) is 5.16. The van der Waals surface area contributed by atoms with Crippen LogP contribution in [0.15, 0.2) is 48.8 Å². The van der Waals surface area contributed by atoms with Crippen molar-refractivity contribution in [2.24, 2.45) is 0 Å². The first kappa shape index (κ1) is 17.7. The van der Waals surface area contributed by atoms with Gasteiger partial charge < -0.3 is 14.8 Å². The molecule has 3 aromatic rings. The van der Waals surface area contributed by atoms with E-state index in [1.807, 2.05) is 24.5 Å². The Morgan fingerprint density at radius 3 is 2.78 bits per heavy atom. The molecule has 2 heterocycles. The van der Waals surface area contributed by atoms with Crippen LogP contribution in [0.3, 0.4) is 0 Å². The summed E-state index contributed by atoms with van der Waals surface area (Å²) in [4.78, 5) is 19.3. The summed E-state index contributed by atoms with van der Waals surface area (Å²) in [6, 6.07) is 11.8. The maximum Gasteiger partial charge on any atom is 0.251 e. The molecule has 0 saturated carbocycles. The predicted octanol–water partition coefficient (Wildman–Crippen LogP) is 3.20. The van der Waals surface area contributed by atoms with Crippen LogP contribution in [0.1, 0.15) is 28.8 Å². The fourth-order valence-corrected chi connectivity index (χ4v) is 3.57. The second kappa shape index (κ2) is 7.88. The summed E-state index contributed by atoms with van der Waals surface area (Å²) in [6.07, 6.45) is 4.42. The van der Waals surface area contributed by atoms with Gasteiger partial charge in [-0.15, -0.1) is 0 Å². The molecule has 2 aromatic carbocycles. The summed E-state index contributed by atoms with van der Waals surface area (Å²) in [5, 5.41) is 2.83. The molecule has 1 amide bonds. The van der Waals surface area contributed by atoms with Crippen molar-refractivity contribution in [3.05, 3.63) is 65.7 Å². The molecule has 1 aromatic heterocycles. The van der Waals surface area contributed by atoms with E-state index in [1.165, 1.54) is 38.1 Å². The Balaban J connectivity index is 1.41. The van der Waals surface area contributed by atoms with Gasteiger partial charge in [0.05, 0.1) is 17.4 Å². The van der Waals surface area contributed by atoms with Gasteiger partial charge in [0.25, 0.3) is 5.91 Å². The van der Waals surface area contributed by atoms with E-state index < -0.39 is 0 Å². The highest BCUT2D eigenvalue weighted by atomic mass is 19.1. The molecule has 4 rings (SSSR count). The zero-order chi connectivity index (χ0) is 18.6. The normalized spacial score (nSPS) is 14.7. The number of nitrogens with one attached hydrogen (secondary N) is 1. The van der Waals surface area contributed by atoms with Crippen LogP contribution in [0.2, 0.25) is 0 Å². The lowest BCUT2D eigenvalue weighted by Crippen LogP contribution is -2.24. The largest absolute Gasteiger partial charge is 0.348 e. The quantitative estimate of drug-likeness (QED) is 0.729. The molecule has 0 atom stereocenters. The van der Waals surface area contributed by atoms with Gasteiger partial charge in [-0.3, -0.25) is 4.79 Å². The summed E-state index contributed by atoms with van der Waals surface area (Å²) in [6.45, 7) is 4.59. The van der Waals surface area contributed by atoms with E-state index in [4.69, 9.17) is 0 Å². The fourth-order valence-electron chi connectivity index (χ4n) is 3.57. The van der Waals surface area contributed by atoms with Crippen LogP contribution < -0.4 is 5.32 Å². The summed E-state index contributed by atoms with van der Waals surface area (Å²) in [7, 11) is 0. The average molecular weight is 366 g/mol. The number of nitrogens with zero attached hydrogens (tertiary/aromatic N) is 3. The van der Waals surface area contributed by atoms with Crippen LogP contribution in [0, 0.1) is 5.82 Å². The highest BCUT2D eigenvalue weighted by Crippen LogP contribution is 2.16. The number of carbonyl (C=O) groups excluding carboxylic acids is 1. The molecule has 1 aliphatic heterocycles. The Morgan fingerprint density at radius 1 is 1.11 bits per heavy atom. The van der Waals surface area contributed by atoms with Crippen molar-refractivity contribution in [2.45, 2.75) is 25.9 Å². The van der Waals surface area contributed by atoms with Gasteiger partial charge >= 0.3 is 0 Å². The van der Waals surface area contributed by atoms with Gasteiger partial charge in [-0.1, -0.05) is 12.1 Å². The van der Waals surface area contributed by atoms with Crippen molar-refractivity contribution < 1.29 is 9.18 Å². The minimum absolute atomic E-state index is 0.187. The van der Waals surface area contributed by atoms with Crippen molar-refractivity contribution in [3.63, 3.8) is 0 Å². The maximum absolute atomic E-state index is 13.2. The Labute approximate surface area is 157 Å². The van der Waals surface area contributed by atoms with Crippen molar-refractivity contribution >= 4 is 16.9 Å². The number of aromatic nitrogens is 2. The molecule has 0 bridgehead atoms. The minimum atomic E-state index is -0.303. The number of amides is 1. The average Bonchev–Trinajstić information content (AvgIpc) is 3.33. The molecule has 1 N–H and O–H groups in total. The monoisotopic (exact) mass is 366 g/mol. The number of halogens is 1. The molecule has 6 heteroatoms. The van der Waals surface area contributed by atoms with Crippen LogP contribution in [0.25, 0.3) is 11.0 Å². The SMILES string of the molecule is O=C(NCc1cccc(F)c1)c1ccc2c(c1)ncn2CCN1CCCC1. The van der Waals surface area contributed by atoms with Gasteiger partial charge in [0.2, 0.25) is 0 Å². The van der Waals surface area contributed by atoms with Crippen LogP contribution in [0.4, 0.5) is 4.39 Å². The van der Waals surface area contributed by atoms with Gasteiger partial charge in [-0.2, -0.15) is 0 Å². The lowest BCUT2D eigenvalue weighted by Gasteiger charge is -2.15. The van der Waals surface area contributed by atoms with Crippen LogP contribution in [0.5, 0.6) is 0 Å². The van der Waals surface area contributed by atoms with Crippen molar-refractivity contribution in [3.8, 4) is 0 Å². The first-order valence-corrected chi connectivity index (χ1v) is 9.39. The number of rotatable bonds is 6. The topological polar surface area (TPSA) is 50.2 Å². The van der Waals surface area contributed by atoms with Gasteiger partial charge in [0, 0.05) is 25.2 Å². The molecule has 0 aliphatic carbocycles. The number of imidazole rings is 1. The van der Waals surface area contributed by atoms with Crippen molar-refractivity contribution in [2.75, 3.05) is 19.6 Å². The summed E-state index contributed by atoms with van der Waals surface area (Å²) in [5.41, 5.74) is 3.14. The smallest absolute Gasteiger partial charge is 0.251 e. The third kappa shape index (κ3) is 4.17. The van der Waals surface area contributed by atoms with Gasteiger partial charge in [0.15, 0.2) is 0 Å². The van der Waals surface area contributed by atoms with Gasteiger partial charge in [-0.25, -0.2) is 9.37 Å². The Morgan fingerprint density at radius 2 is 1.96 bits per heavy atom. The molecule has 140 valence electrons. The fraction of sp³-hybridized carbons (Fsp3) is 0.333. The summed E-state index contributed by atoms with van der Waals surface area (Å²) >= 11 is 0. The van der Waals surface area contributed by atoms with Crippen LogP contribution in [-0.4, -0.2) is 40.0 Å². The molecule has 0 radical (unpaired) electrons. The second-order valence-electron chi connectivity index (χ2n) is 7.00. The lowest BCUT2D eigenvalue weighted by molar-refractivity contribution is 0.0951. The lowest BCUT2D eigenvalue weighted by atomic mass is 10.1. The second-order valence-corrected chi connectivity index (χ2v) is 7.00. The number of fused-ring (bicyclic) bond motifs is 1. The first-order chi connectivity index (χ1) is 13.2. The standard InChI is InChI=1S/C21H23FN4O/c22-18-5-3-4-16(12-18)14-23-21(27)17-6-7-20-19(13-17)24-15-26(20)11-10-25-8-1-2-9-25/h3-7,12-13,15H,1-2,8-11,14H2,(H,23,27). The maximum atomic E-state index is 13.2.